The van der Waals surface area contributed by atoms with Crippen molar-refractivity contribution in [2.45, 2.75) is 32.4 Å². The van der Waals surface area contributed by atoms with E-state index in [9.17, 15) is 0 Å². The zero-order valence-corrected chi connectivity index (χ0v) is 9.95. The molecule has 15 heavy (non-hydrogen) atoms. The van der Waals surface area contributed by atoms with Gasteiger partial charge in [-0.3, -0.25) is 4.98 Å². The van der Waals surface area contributed by atoms with Crippen LogP contribution in [0, 0.1) is 6.92 Å². The molecule has 1 heterocycles. The van der Waals surface area contributed by atoms with Gasteiger partial charge < -0.3 is 10.1 Å². The van der Waals surface area contributed by atoms with Crippen LogP contribution in [0.5, 0.6) is 0 Å². The minimum atomic E-state index is 0.252. The predicted octanol–water partition coefficient (Wildman–Crippen LogP) is 2.08. The molecule has 84 valence electrons. The summed E-state index contributed by atoms with van der Waals surface area (Å²) in [5.41, 5.74) is 2.52. The summed E-state index contributed by atoms with van der Waals surface area (Å²) in [6.07, 6.45) is 4.96. The Morgan fingerprint density at radius 3 is 2.80 bits per heavy atom. The maximum absolute atomic E-state index is 5.28. The second kappa shape index (κ2) is 5.83. The lowest BCUT2D eigenvalue weighted by Gasteiger charge is -2.21. The molecule has 0 aliphatic heterocycles. The summed E-state index contributed by atoms with van der Waals surface area (Å²) >= 11 is 0. The topological polar surface area (TPSA) is 34.1 Å². The lowest BCUT2D eigenvalue weighted by Crippen LogP contribution is -2.22. The molecule has 3 heteroatoms. The smallest absolute Gasteiger partial charge is 0.0561 e. The normalized spacial score (nSPS) is 14.9. The summed E-state index contributed by atoms with van der Waals surface area (Å²) in [4.78, 5) is 4.17. The van der Waals surface area contributed by atoms with E-state index < -0.39 is 0 Å². The SMILES string of the molecule is CNC(CC(C)OC)c1cnccc1C. The molecule has 1 aromatic heterocycles. The standard InChI is InChI=1S/C12H20N2O/c1-9-5-6-14-8-11(9)12(13-3)7-10(2)15-4/h5-6,8,10,12-13H,7H2,1-4H3. The Labute approximate surface area is 91.9 Å². The molecule has 1 aromatic rings. The van der Waals surface area contributed by atoms with Crippen LogP contribution in [0.4, 0.5) is 0 Å². The Balaban J connectivity index is 2.78. The number of hydrogen-bond donors (Lipinski definition) is 1. The average molecular weight is 208 g/mol. The molecule has 0 fully saturated rings. The number of pyridine rings is 1. The third-order valence-electron chi connectivity index (χ3n) is 2.77. The first-order chi connectivity index (χ1) is 7.19. The molecule has 2 unspecified atom stereocenters. The van der Waals surface area contributed by atoms with Crippen LogP contribution in [0.3, 0.4) is 0 Å². The molecule has 3 nitrogen and oxygen atoms in total. The van der Waals surface area contributed by atoms with Crippen LogP contribution in [0.2, 0.25) is 0 Å². The fraction of sp³-hybridized carbons (Fsp3) is 0.583. The predicted molar refractivity (Wildman–Crippen MR) is 61.9 cm³/mol. The van der Waals surface area contributed by atoms with Gasteiger partial charge in [0.15, 0.2) is 0 Å². The largest absolute Gasteiger partial charge is 0.382 e. The van der Waals surface area contributed by atoms with Crippen LogP contribution >= 0.6 is 0 Å². The third kappa shape index (κ3) is 3.29. The average Bonchev–Trinajstić information content (AvgIpc) is 2.26. The number of aryl methyl sites for hydroxylation is 1. The van der Waals surface area contributed by atoms with E-state index in [0.717, 1.165) is 6.42 Å². The highest BCUT2D eigenvalue weighted by atomic mass is 16.5. The lowest BCUT2D eigenvalue weighted by atomic mass is 9.99. The Bertz CT molecular complexity index is 301. The van der Waals surface area contributed by atoms with Gasteiger partial charge in [0, 0.05) is 25.5 Å². The lowest BCUT2D eigenvalue weighted by molar-refractivity contribution is 0.101. The molecular formula is C12H20N2O. The molecule has 0 radical (unpaired) electrons. The van der Waals surface area contributed by atoms with Crippen LogP contribution in [0.25, 0.3) is 0 Å². The molecule has 0 amide bonds. The van der Waals surface area contributed by atoms with Crippen molar-refractivity contribution in [1.29, 1.82) is 0 Å². The molecular weight excluding hydrogens is 188 g/mol. The first kappa shape index (κ1) is 12.1. The van der Waals surface area contributed by atoms with Crippen molar-refractivity contribution in [2.24, 2.45) is 0 Å². The number of rotatable bonds is 5. The monoisotopic (exact) mass is 208 g/mol. The number of methoxy groups -OCH3 is 1. The molecule has 0 aliphatic rings. The van der Waals surface area contributed by atoms with E-state index in [2.05, 4.69) is 24.1 Å². The van der Waals surface area contributed by atoms with Crippen molar-refractivity contribution in [2.75, 3.05) is 14.2 Å². The third-order valence-corrected chi connectivity index (χ3v) is 2.77. The van der Waals surface area contributed by atoms with Crippen molar-refractivity contribution >= 4 is 0 Å². The molecule has 2 atom stereocenters. The summed E-state index contributed by atoms with van der Waals surface area (Å²) in [5.74, 6) is 0. The summed E-state index contributed by atoms with van der Waals surface area (Å²) in [6.45, 7) is 4.19. The van der Waals surface area contributed by atoms with Crippen LogP contribution in [-0.2, 0) is 4.74 Å². The number of nitrogens with zero attached hydrogens (tertiary/aromatic N) is 1. The van der Waals surface area contributed by atoms with E-state index in [0.29, 0.717) is 6.04 Å². The van der Waals surface area contributed by atoms with Gasteiger partial charge in [-0.2, -0.15) is 0 Å². The van der Waals surface area contributed by atoms with Gasteiger partial charge in [0.1, 0.15) is 0 Å². The highest BCUT2D eigenvalue weighted by Crippen LogP contribution is 2.21. The molecule has 0 saturated heterocycles. The summed E-state index contributed by atoms with van der Waals surface area (Å²) in [5, 5.41) is 3.30. The Hall–Kier alpha value is -0.930. The summed E-state index contributed by atoms with van der Waals surface area (Å²) in [7, 11) is 3.72. The fourth-order valence-corrected chi connectivity index (χ4v) is 1.67. The van der Waals surface area contributed by atoms with Gasteiger partial charge in [0.05, 0.1) is 6.10 Å². The van der Waals surface area contributed by atoms with Gasteiger partial charge in [-0.1, -0.05) is 0 Å². The van der Waals surface area contributed by atoms with E-state index in [1.54, 1.807) is 7.11 Å². The van der Waals surface area contributed by atoms with E-state index >= 15 is 0 Å². The minimum absolute atomic E-state index is 0.252. The Kier molecular flexibility index (Phi) is 4.72. The van der Waals surface area contributed by atoms with Crippen LogP contribution < -0.4 is 5.32 Å². The number of hydrogen-bond acceptors (Lipinski definition) is 3. The quantitative estimate of drug-likeness (QED) is 0.804. The van der Waals surface area contributed by atoms with Crippen molar-refractivity contribution in [3.05, 3.63) is 29.6 Å². The second-order valence-corrected chi connectivity index (χ2v) is 3.86. The van der Waals surface area contributed by atoms with E-state index in [1.807, 2.05) is 25.5 Å². The Morgan fingerprint density at radius 1 is 1.53 bits per heavy atom. The molecule has 1 N–H and O–H groups in total. The first-order valence-electron chi connectivity index (χ1n) is 5.29. The highest BCUT2D eigenvalue weighted by molar-refractivity contribution is 5.25. The van der Waals surface area contributed by atoms with Crippen LogP contribution in [0.15, 0.2) is 18.5 Å². The van der Waals surface area contributed by atoms with Gasteiger partial charge in [-0.15, -0.1) is 0 Å². The van der Waals surface area contributed by atoms with E-state index in [1.165, 1.54) is 11.1 Å². The van der Waals surface area contributed by atoms with Crippen molar-refractivity contribution in [3.8, 4) is 0 Å². The molecule has 0 bridgehead atoms. The van der Waals surface area contributed by atoms with Crippen LogP contribution in [-0.4, -0.2) is 25.2 Å². The van der Waals surface area contributed by atoms with Gasteiger partial charge in [0.2, 0.25) is 0 Å². The van der Waals surface area contributed by atoms with E-state index in [-0.39, 0.29) is 6.10 Å². The summed E-state index contributed by atoms with van der Waals surface area (Å²) < 4.78 is 5.28. The van der Waals surface area contributed by atoms with Crippen molar-refractivity contribution in [1.82, 2.24) is 10.3 Å². The van der Waals surface area contributed by atoms with Crippen molar-refractivity contribution < 1.29 is 4.74 Å². The second-order valence-electron chi connectivity index (χ2n) is 3.86. The zero-order chi connectivity index (χ0) is 11.3. The van der Waals surface area contributed by atoms with Crippen LogP contribution in [0.1, 0.15) is 30.5 Å². The zero-order valence-electron chi connectivity index (χ0n) is 9.95. The molecule has 0 aromatic carbocycles. The molecule has 0 aliphatic carbocycles. The maximum Gasteiger partial charge on any atom is 0.0561 e. The van der Waals surface area contributed by atoms with Gasteiger partial charge in [0.25, 0.3) is 0 Å². The highest BCUT2D eigenvalue weighted by Gasteiger charge is 2.14. The fourth-order valence-electron chi connectivity index (χ4n) is 1.67. The number of aromatic nitrogens is 1. The number of nitrogens with one attached hydrogen (secondary N) is 1. The van der Waals surface area contributed by atoms with E-state index in [4.69, 9.17) is 4.74 Å². The summed E-state index contributed by atoms with van der Waals surface area (Å²) in [6, 6.07) is 2.35. The molecule has 0 saturated carbocycles. The first-order valence-corrected chi connectivity index (χ1v) is 5.29. The molecule has 0 spiro atoms. The minimum Gasteiger partial charge on any atom is -0.382 e. The molecule has 1 rings (SSSR count). The van der Waals surface area contributed by atoms with Gasteiger partial charge in [-0.25, -0.2) is 0 Å². The maximum atomic E-state index is 5.28. The van der Waals surface area contributed by atoms with Gasteiger partial charge >= 0.3 is 0 Å². The number of ether oxygens (including phenoxy) is 1. The Morgan fingerprint density at radius 2 is 2.27 bits per heavy atom. The van der Waals surface area contributed by atoms with Gasteiger partial charge in [-0.05, 0) is 44.5 Å². The van der Waals surface area contributed by atoms with Crippen molar-refractivity contribution in [3.63, 3.8) is 0 Å².